The Balaban J connectivity index is 1.38. The van der Waals surface area contributed by atoms with Crippen LogP contribution >= 0.6 is 0 Å². The minimum atomic E-state index is -0.750. The second-order valence-corrected chi connectivity index (χ2v) is 7.83. The molecule has 2 fully saturated rings. The molecule has 2 aliphatic heterocycles. The van der Waals surface area contributed by atoms with Crippen LogP contribution in [0.4, 0.5) is 10.1 Å². The van der Waals surface area contributed by atoms with Gasteiger partial charge < -0.3 is 14.9 Å². The van der Waals surface area contributed by atoms with E-state index in [1.165, 1.54) is 18.5 Å². The average molecular weight is 383 g/mol. The summed E-state index contributed by atoms with van der Waals surface area (Å²) in [5.74, 6) is -0.980. The Hall–Kier alpha value is -2.63. The van der Waals surface area contributed by atoms with E-state index in [-0.39, 0.29) is 5.91 Å². The molecule has 4 rings (SSSR count). The van der Waals surface area contributed by atoms with Gasteiger partial charge in [0.1, 0.15) is 0 Å². The Bertz CT molecular complexity index is 832. The summed E-state index contributed by atoms with van der Waals surface area (Å²) in [6.45, 7) is 5.07. The summed E-state index contributed by atoms with van der Waals surface area (Å²) < 4.78 is 13.8. The quantitative estimate of drug-likeness (QED) is 0.875. The van der Waals surface area contributed by atoms with Crippen molar-refractivity contribution in [1.82, 2.24) is 9.88 Å². The third kappa shape index (κ3) is 3.68. The molecule has 6 heteroatoms. The first-order valence-corrected chi connectivity index (χ1v) is 10.0. The Morgan fingerprint density at radius 3 is 2.46 bits per heavy atom. The number of pyridine rings is 1. The number of likely N-dealkylation sites (tertiary alicyclic amines) is 1. The number of nitrogens with zero attached hydrogens (tertiary/aromatic N) is 3. The summed E-state index contributed by atoms with van der Waals surface area (Å²) in [6, 6.07) is 6.95. The Morgan fingerprint density at radius 1 is 1.14 bits per heavy atom. The first-order valence-electron chi connectivity index (χ1n) is 10.0. The first kappa shape index (κ1) is 18.7. The molecule has 0 aliphatic carbocycles. The van der Waals surface area contributed by atoms with Crippen molar-refractivity contribution >= 4 is 11.6 Å². The van der Waals surface area contributed by atoms with Gasteiger partial charge in [0, 0.05) is 43.4 Å². The number of hydrogen-bond donors (Lipinski definition) is 1. The van der Waals surface area contributed by atoms with E-state index in [1.807, 2.05) is 6.20 Å². The number of benzene rings is 1. The van der Waals surface area contributed by atoms with Gasteiger partial charge >= 0.3 is 0 Å². The lowest BCUT2D eigenvalue weighted by Crippen LogP contribution is -2.38. The fourth-order valence-electron chi connectivity index (χ4n) is 4.22. The second-order valence-electron chi connectivity index (χ2n) is 7.83. The Kier molecular flexibility index (Phi) is 5.20. The molecule has 0 atom stereocenters. The molecule has 2 aliphatic rings. The first-order chi connectivity index (χ1) is 13.5. The summed E-state index contributed by atoms with van der Waals surface area (Å²) in [5.41, 5.74) is 2.94. The fourth-order valence-corrected chi connectivity index (χ4v) is 4.22. The highest BCUT2D eigenvalue weighted by molar-refractivity contribution is 5.94. The number of phenolic OH excluding ortho intramolecular Hbond substituents is 1. The van der Waals surface area contributed by atoms with Crippen molar-refractivity contribution in [3.8, 4) is 5.75 Å². The molecule has 0 radical (unpaired) electrons. The molecule has 2 aromatic rings. The molecule has 0 bridgehead atoms. The van der Waals surface area contributed by atoms with Gasteiger partial charge in [-0.05, 0) is 62.4 Å². The largest absolute Gasteiger partial charge is 0.505 e. The number of aryl methyl sites for hydroxylation is 1. The van der Waals surface area contributed by atoms with Gasteiger partial charge in [0.25, 0.3) is 5.91 Å². The van der Waals surface area contributed by atoms with Crippen LogP contribution in [0.25, 0.3) is 0 Å². The highest BCUT2D eigenvalue weighted by atomic mass is 19.1. The lowest BCUT2D eigenvalue weighted by Gasteiger charge is -2.32. The number of rotatable bonds is 3. The third-order valence-corrected chi connectivity index (χ3v) is 5.94. The van der Waals surface area contributed by atoms with Gasteiger partial charge in [-0.2, -0.15) is 0 Å². The van der Waals surface area contributed by atoms with Crippen LogP contribution in [0.1, 0.15) is 53.2 Å². The summed E-state index contributed by atoms with van der Waals surface area (Å²) >= 11 is 0. The van der Waals surface area contributed by atoms with Gasteiger partial charge in [0.2, 0.25) is 0 Å². The molecule has 1 N–H and O–H groups in total. The number of carbonyl (C=O) groups is 1. The van der Waals surface area contributed by atoms with Gasteiger partial charge in [-0.15, -0.1) is 0 Å². The molecule has 1 aromatic carbocycles. The van der Waals surface area contributed by atoms with Gasteiger partial charge in [0.05, 0.1) is 11.9 Å². The topological polar surface area (TPSA) is 56.7 Å². The van der Waals surface area contributed by atoms with Crippen molar-refractivity contribution in [1.29, 1.82) is 0 Å². The zero-order chi connectivity index (χ0) is 19.7. The van der Waals surface area contributed by atoms with E-state index < -0.39 is 11.6 Å². The summed E-state index contributed by atoms with van der Waals surface area (Å²) in [4.78, 5) is 21.5. The molecular weight excluding hydrogens is 357 g/mol. The summed E-state index contributed by atoms with van der Waals surface area (Å²) in [7, 11) is 0. The van der Waals surface area contributed by atoms with E-state index >= 15 is 0 Å². The fraction of sp³-hybridized carbons (Fsp3) is 0.455. The standard InChI is InChI=1S/C22H26FN3O2/c1-15-12-17(13-19(23)21(15)27)22(28)26-10-6-16(7-11-26)20-5-4-18(14-24-20)25-8-2-3-9-25/h4-5,12-14,16,27H,2-3,6-11H2,1H3. The van der Waals surface area contributed by atoms with Crippen molar-refractivity contribution < 1.29 is 14.3 Å². The summed E-state index contributed by atoms with van der Waals surface area (Å²) in [6.07, 6.45) is 6.17. The zero-order valence-electron chi connectivity index (χ0n) is 16.2. The monoisotopic (exact) mass is 383 g/mol. The third-order valence-electron chi connectivity index (χ3n) is 5.94. The predicted octanol–water partition coefficient (Wildman–Crippen LogP) is 3.85. The second kappa shape index (κ2) is 7.78. The van der Waals surface area contributed by atoms with Crippen LogP contribution in [0.2, 0.25) is 0 Å². The Labute approximate surface area is 164 Å². The molecule has 2 saturated heterocycles. The van der Waals surface area contributed by atoms with Gasteiger partial charge in [0.15, 0.2) is 11.6 Å². The SMILES string of the molecule is Cc1cc(C(=O)N2CCC(c3ccc(N4CCCC4)cn3)CC2)cc(F)c1O. The van der Waals surface area contributed by atoms with Crippen LogP contribution < -0.4 is 4.90 Å². The molecule has 1 amide bonds. The Morgan fingerprint density at radius 2 is 1.86 bits per heavy atom. The van der Waals surface area contributed by atoms with E-state index in [4.69, 9.17) is 0 Å². The van der Waals surface area contributed by atoms with Gasteiger partial charge in [-0.1, -0.05) is 0 Å². The van der Waals surface area contributed by atoms with E-state index in [2.05, 4.69) is 22.0 Å². The predicted molar refractivity (Wildman–Crippen MR) is 106 cm³/mol. The maximum Gasteiger partial charge on any atom is 0.253 e. The number of carbonyl (C=O) groups excluding carboxylic acids is 1. The van der Waals surface area contributed by atoms with Crippen molar-refractivity contribution in [3.05, 3.63) is 53.1 Å². The van der Waals surface area contributed by atoms with Gasteiger partial charge in [-0.3, -0.25) is 9.78 Å². The number of piperidine rings is 1. The van der Waals surface area contributed by atoms with Crippen LogP contribution in [0.5, 0.6) is 5.75 Å². The van der Waals surface area contributed by atoms with Crippen molar-refractivity contribution in [2.75, 3.05) is 31.1 Å². The molecule has 5 nitrogen and oxygen atoms in total. The number of aromatic hydroxyl groups is 1. The average Bonchev–Trinajstić information content (AvgIpc) is 3.26. The lowest BCUT2D eigenvalue weighted by atomic mass is 9.92. The lowest BCUT2D eigenvalue weighted by molar-refractivity contribution is 0.0711. The number of phenols is 1. The van der Waals surface area contributed by atoms with E-state index in [0.717, 1.165) is 37.7 Å². The van der Waals surface area contributed by atoms with Crippen LogP contribution in [-0.2, 0) is 0 Å². The molecule has 148 valence electrons. The molecule has 1 aromatic heterocycles. The zero-order valence-corrected chi connectivity index (χ0v) is 16.2. The molecule has 28 heavy (non-hydrogen) atoms. The number of anilines is 1. The molecule has 3 heterocycles. The summed E-state index contributed by atoms with van der Waals surface area (Å²) in [5, 5.41) is 9.56. The number of amides is 1. The minimum Gasteiger partial charge on any atom is -0.505 e. The number of halogens is 1. The molecule has 0 spiro atoms. The van der Waals surface area contributed by atoms with Crippen molar-refractivity contribution in [3.63, 3.8) is 0 Å². The maximum absolute atomic E-state index is 13.8. The van der Waals surface area contributed by atoms with Crippen LogP contribution in [0.15, 0.2) is 30.5 Å². The highest BCUT2D eigenvalue weighted by Crippen LogP contribution is 2.30. The van der Waals surface area contributed by atoms with Crippen molar-refractivity contribution in [2.24, 2.45) is 0 Å². The molecular formula is C22H26FN3O2. The maximum atomic E-state index is 13.8. The number of aromatic nitrogens is 1. The van der Waals surface area contributed by atoms with Gasteiger partial charge in [-0.25, -0.2) is 4.39 Å². The molecule has 0 saturated carbocycles. The van der Waals surface area contributed by atoms with Crippen LogP contribution in [0.3, 0.4) is 0 Å². The normalized spacial score (nSPS) is 17.9. The number of hydrogen-bond acceptors (Lipinski definition) is 4. The van der Waals surface area contributed by atoms with Crippen LogP contribution in [0, 0.1) is 12.7 Å². The smallest absolute Gasteiger partial charge is 0.253 e. The molecule has 0 unspecified atom stereocenters. The minimum absolute atomic E-state index is 0.183. The van der Waals surface area contributed by atoms with E-state index in [9.17, 15) is 14.3 Å². The van der Waals surface area contributed by atoms with Crippen LogP contribution in [-0.4, -0.2) is 47.1 Å². The van der Waals surface area contributed by atoms with E-state index in [1.54, 1.807) is 17.9 Å². The van der Waals surface area contributed by atoms with Crippen molar-refractivity contribution in [2.45, 2.75) is 38.5 Å². The highest BCUT2D eigenvalue weighted by Gasteiger charge is 2.26. The van der Waals surface area contributed by atoms with E-state index in [0.29, 0.717) is 30.1 Å².